The number of unbranched alkanes of at least 4 members (excludes halogenated alkanes) is 3. The Labute approximate surface area is 188 Å². The molecule has 0 aliphatic carbocycles. The summed E-state index contributed by atoms with van der Waals surface area (Å²) in [6.07, 6.45) is 3.29. The summed E-state index contributed by atoms with van der Waals surface area (Å²) in [6, 6.07) is 12.2. The molecule has 0 aromatic carbocycles. The molecule has 1 radical (unpaired) electrons. The molecule has 0 aliphatic heterocycles. The Kier molecular flexibility index (Phi) is 14.9. The molecule has 0 unspecified atom stereocenters. The Morgan fingerprint density at radius 3 is 1.77 bits per heavy atom. The number of alkyl halides is 3. The van der Waals surface area contributed by atoms with Gasteiger partial charge in [-0.3, -0.25) is 14.9 Å². The predicted octanol–water partition coefficient (Wildman–Crippen LogP) is 2.29. The van der Waals surface area contributed by atoms with Crippen LogP contribution in [0.2, 0.25) is 0 Å². The third-order valence-corrected chi connectivity index (χ3v) is 3.88. The van der Waals surface area contributed by atoms with Crippen molar-refractivity contribution < 1.29 is 43.5 Å². The smallest absolute Gasteiger partial charge is 0.430 e. The molecule has 6 nitrogen and oxygen atoms in total. The Morgan fingerprint density at radius 2 is 1.40 bits per heavy atom. The summed E-state index contributed by atoms with van der Waals surface area (Å²) in [5, 5.41) is 8.78. The van der Waals surface area contributed by atoms with E-state index in [1.807, 2.05) is 36.7 Å². The monoisotopic (exact) mass is 598 g/mol. The number of nitrogens with zero attached hydrogens (tertiary/aromatic N) is 3. The first kappa shape index (κ1) is 28.1. The molecule has 2 rings (SSSR count). The standard InChI is InChI=1S/C18H26N4.C2HF3O2.Re/c19-11-5-1-2-8-14-22(15-17-9-3-6-12-20-17)16-18-10-4-7-13-21-18;3-2(4,5)1(6)7;/h3-4,6-7,9-10,12-13H,1-2,5,8,11,14-16,19H2;(H,6,7);/p-1. The molecule has 0 saturated carbocycles. The Balaban J connectivity index is 0.000000909. The summed E-state index contributed by atoms with van der Waals surface area (Å²) >= 11 is 0. The zero-order valence-electron chi connectivity index (χ0n) is 16.5. The van der Waals surface area contributed by atoms with E-state index in [-0.39, 0.29) is 20.4 Å². The largest absolute Gasteiger partial charge is 0.542 e. The van der Waals surface area contributed by atoms with E-state index in [0.717, 1.165) is 44.0 Å². The zero-order chi connectivity index (χ0) is 21.5. The summed E-state index contributed by atoms with van der Waals surface area (Å²) in [4.78, 5) is 20.1. The normalized spacial score (nSPS) is 10.7. The minimum atomic E-state index is -5.19. The quantitative estimate of drug-likeness (QED) is 0.423. The second kappa shape index (κ2) is 15.9. The Hall–Kier alpha value is -1.86. The molecular weight excluding hydrogens is 571 g/mol. The van der Waals surface area contributed by atoms with E-state index in [0.29, 0.717) is 0 Å². The minimum absolute atomic E-state index is 0. The van der Waals surface area contributed by atoms with Gasteiger partial charge in [-0.1, -0.05) is 25.0 Å². The van der Waals surface area contributed by atoms with E-state index in [2.05, 4.69) is 27.0 Å². The molecule has 167 valence electrons. The van der Waals surface area contributed by atoms with Gasteiger partial charge in [-0.2, -0.15) is 13.2 Å². The number of hydrogen-bond donors (Lipinski definition) is 1. The van der Waals surface area contributed by atoms with E-state index in [9.17, 15) is 13.2 Å². The fraction of sp³-hybridized carbons (Fsp3) is 0.450. The third-order valence-electron chi connectivity index (χ3n) is 3.88. The van der Waals surface area contributed by atoms with Gasteiger partial charge >= 0.3 is 6.18 Å². The number of carbonyl (C=O) groups is 1. The number of nitrogens with two attached hydrogens (primary N) is 1. The molecule has 2 heterocycles. The second-order valence-electron chi connectivity index (χ2n) is 6.34. The van der Waals surface area contributed by atoms with E-state index >= 15 is 0 Å². The number of aromatic nitrogens is 2. The molecule has 2 N–H and O–H groups in total. The van der Waals surface area contributed by atoms with E-state index in [4.69, 9.17) is 15.6 Å². The van der Waals surface area contributed by atoms with Crippen LogP contribution in [0.1, 0.15) is 37.1 Å². The molecular formula is C20H26F3N4O2Re-. The van der Waals surface area contributed by atoms with Gasteiger partial charge in [-0.05, 0) is 50.2 Å². The summed E-state index contributed by atoms with van der Waals surface area (Å²) in [7, 11) is 0. The van der Waals surface area contributed by atoms with Gasteiger partial charge in [-0.15, -0.1) is 0 Å². The number of aliphatic carboxylic acids is 1. The van der Waals surface area contributed by atoms with Gasteiger partial charge in [0.25, 0.3) is 0 Å². The van der Waals surface area contributed by atoms with Crippen molar-refractivity contribution in [2.24, 2.45) is 5.73 Å². The first-order valence-electron chi connectivity index (χ1n) is 9.33. The predicted molar refractivity (Wildman–Crippen MR) is 101 cm³/mol. The average Bonchev–Trinajstić information content (AvgIpc) is 2.69. The number of carbonyl (C=O) groups excluding carboxylic acids is 1. The van der Waals surface area contributed by atoms with Crippen LogP contribution in [0, 0.1) is 0 Å². The number of carboxylic acid groups (broad SMARTS) is 1. The van der Waals surface area contributed by atoms with Crippen molar-refractivity contribution in [1.29, 1.82) is 0 Å². The number of carboxylic acids is 1. The molecule has 2 aromatic rings. The first-order chi connectivity index (χ1) is 13.8. The van der Waals surface area contributed by atoms with Crippen LogP contribution in [0.5, 0.6) is 0 Å². The molecule has 0 bridgehead atoms. The van der Waals surface area contributed by atoms with Crippen molar-refractivity contribution in [2.75, 3.05) is 13.1 Å². The first-order valence-corrected chi connectivity index (χ1v) is 9.33. The fourth-order valence-corrected chi connectivity index (χ4v) is 2.49. The van der Waals surface area contributed by atoms with Crippen LogP contribution in [0.4, 0.5) is 13.2 Å². The van der Waals surface area contributed by atoms with Gasteiger partial charge in [0.1, 0.15) is 5.97 Å². The number of hydrogen-bond acceptors (Lipinski definition) is 6. The average molecular weight is 598 g/mol. The van der Waals surface area contributed by atoms with Gasteiger partial charge in [0.2, 0.25) is 0 Å². The fourth-order valence-electron chi connectivity index (χ4n) is 2.49. The summed E-state index contributed by atoms with van der Waals surface area (Å²) < 4.78 is 31.5. The number of halogens is 3. The van der Waals surface area contributed by atoms with E-state index in [1.165, 1.54) is 19.3 Å². The van der Waals surface area contributed by atoms with Gasteiger partial charge in [-0.25, -0.2) is 0 Å². The third kappa shape index (κ3) is 13.4. The van der Waals surface area contributed by atoms with E-state index < -0.39 is 12.1 Å². The van der Waals surface area contributed by atoms with Gasteiger partial charge < -0.3 is 15.6 Å². The maximum Gasteiger partial charge on any atom is 0.430 e. The summed E-state index contributed by atoms with van der Waals surface area (Å²) in [6.45, 7) is 3.60. The van der Waals surface area contributed by atoms with Crippen LogP contribution in [-0.4, -0.2) is 40.1 Å². The molecule has 10 heteroatoms. The van der Waals surface area contributed by atoms with Crippen molar-refractivity contribution in [3.05, 3.63) is 60.2 Å². The number of rotatable bonds is 10. The second-order valence-corrected chi connectivity index (χ2v) is 6.34. The van der Waals surface area contributed by atoms with Gasteiger partial charge in [0, 0.05) is 45.9 Å². The Bertz CT molecular complexity index is 650. The molecule has 2 aromatic heterocycles. The number of pyridine rings is 2. The molecule has 0 amide bonds. The molecule has 0 atom stereocenters. The summed E-state index contributed by atoms with van der Waals surface area (Å²) in [5.74, 6) is -3.01. The molecule has 0 spiro atoms. The van der Waals surface area contributed by atoms with Crippen molar-refractivity contribution in [3.63, 3.8) is 0 Å². The zero-order valence-corrected chi connectivity index (χ0v) is 19.2. The van der Waals surface area contributed by atoms with Crippen LogP contribution in [0.3, 0.4) is 0 Å². The van der Waals surface area contributed by atoms with Crippen molar-refractivity contribution >= 4 is 5.97 Å². The van der Waals surface area contributed by atoms with Gasteiger partial charge in [0.05, 0.1) is 11.4 Å². The van der Waals surface area contributed by atoms with Crippen LogP contribution < -0.4 is 10.8 Å². The molecule has 0 aliphatic rings. The maximum atomic E-state index is 10.5. The van der Waals surface area contributed by atoms with Crippen LogP contribution >= 0.6 is 0 Å². The SMILES string of the molecule is NCCCCCCN(Cc1ccccn1)Cc1ccccn1.O=C([O-])C(F)(F)F.[Re]. The van der Waals surface area contributed by atoms with Gasteiger partial charge in [0.15, 0.2) is 0 Å². The molecule has 0 saturated heterocycles. The Morgan fingerprint density at radius 1 is 0.933 bits per heavy atom. The maximum absolute atomic E-state index is 10.5. The van der Waals surface area contributed by atoms with Crippen LogP contribution in [-0.2, 0) is 38.3 Å². The van der Waals surface area contributed by atoms with Crippen molar-refractivity contribution in [2.45, 2.75) is 44.9 Å². The van der Waals surface area contributed by atoms with Crippen molar-refractivity contribution in [1.82, 2.24) is 14.9 Å². The summed E-state index contributed by atoms with van der Waals surface area (Å²) in [5.41, 5.74) is 7.77. The minimum Gasteiger partial charge on any atom is -0.542 e. The van der Waals surface area contributed by atoms with Crippen LogP contribution in [0.15, 0.2) is 48.8 Å². The molecule has 0 fully saturated rings. The molecule has 30 heavy (non-hydrogen) atoms. The van der Waals surface area contributed by atoms with Crippen LogP contribution in [0.25, 0.3) is 0 Å². The topological polar surface area (TPSA) is 95.2 Å². The van der Waals surface area contributed by atoms with Crippen molar-refractivity contribution in [3.8, 4) is 0 Å². The van der Waals surface area contributed by atoms with E-state index in [1.54, 1.807) is 0 Å².